The molecule has 7 heteroatoms. The summed E-state index contributed by atoms with van der Waals surface area (Å²) in [6, 6.07) is 17.3. The van der Waals surface area contributed by atoms with E-state index in [4.69, 9.17) is 0 Å². The summed E-state index contributed by atoms with van der Waals surface area (Å²) in [6.07, 6.45) is 24.7. The van der Waals surface area contributed by atoms with Gasteiger partial charge >= 0.3 is 0 Å². The van der Waals surface area contributed by atoms with Gasteiger partial charge in [0.05, 0.1) is 30.6 Å². The van der Waals surface area contributed by atoms with Gasteiger partial charge in [-0.15, -0.1) is 0 Å². The van der Waals surface area contributed by atoms with Crippen LogP contribution in [0.25, 0.3) is 11.3 Å². The molecule has 2 aliphatic carbocycles. The van der Waals surface area contributed by atoms with E-state index in [0.717, 1.165) is 36.6 Å². The van der Waals surface area contributed by atoms with E-state index in [1.807, 2.05) is 37.2 Å². The van der Waals surface area contributed by atoms with Gasteiger partial charge in [-0.3, -0.25) is 4.79 Å². The van der Waals surface area contributed by atoms with Gasteiger partial charge in [-0.05, 0) is 68.1 Å². The zero-order chi connectivity index (χ0) is 31.0. The van der Waals surface area contributed by atoms with Crippen LogP contribution in [0.3, 0.4) is 0 Å². The third kappa shape index (κ3) is 8.04. The van der Waals surface area contributed by atoms with Gasteiger partial charge in [0.15, 0.2) is 0 Å². The first kappa shape index (κ1) is 31.9. The van der Waals surface area contributed by atoms with Gasteiger partial charge in [0.1, 0.15) is 5.78 Å². The molecule has 2 aromatic heterocycles. The fourth-order valence-electron chi connectivity index (χ4n) is 7.80. The lowest BCUT2D eigenvalue weighted by Gasteiger charge is -2.33. The Bertz CT molecular complexity index is 1500. The number of Topliss-reactive ketones (excluding diaryl/α,β-unsaturated/α-hetero) is 1. The van der Waals surface area contributed by atoms with Crippen molar-refractivity contribution in [2.75, 3.05) is 0 Å². The summed E-state index contributed by atoms with van der Waals surface area (Å²) in [5, 5.41) is 10.7. The summed E-state index contributed by atoms with van der Waals surface area (Å²) in [5.41, 5.74) is 5.12. The van der Waals surface area contributed by atoms with Crippen LogP contribution in [0.2, 0.25) is 0 Å². The minimum absolute atomic E-state index is 0.144. The molecule has 0 saturated heterocycles. The molecule has 1 N–H and O–H groups in total. The van der Waals surface area contributed by atoms with Crippen molar-refractivity contribution >= 4 is 21.7 Å². The first-order valence-electron chi connectivity index (χ1n) is 17.1. The summed E-state index contributed by atoms with van der Waals surface area (Å²) in [6.45, 7) is 0. The molecule has 0 spiro atoms. The minimum Gasteiger partial charge on any atom is -0.393 e. The average molecular weight is 672 g/mol. The fraction of sp³-hybridized carbons (Fsp3) is 0.500. The van der Waals surface area contributed by atoms with E-state index in [9.17, 15) is 9.90 Å². The molecule has 1 aliphatic heterocycles. The van der Waals surface area contributed by atoms with Crippen LogP contribution in [0.15, 0.2) is 84.2 Å². The predicted octanol–water partition coefficient (Wildman–Crippen LogP) is 8.95. The van der Waals surface area contributed by atoms with Crippen molar-refractivity contribution in [2.45, 2.75) is 108 Å². The highest BCUT2D eigenvalue weighted by molar-refractivity contribution is 9.10. The van der Waals surface area contributed by atoms with E-state index < -0.39 is 0 Å². The number of carbonyl (C=O) groups is 1. The number of aromatic nitrogens is 4. The lowest BCUT2D eigenvalue weighted by molar-refractivity contribution is -0.124. The van der Waals surface area contributed by atoms with E-state index in [1.54, 1.807) is 6.20 Å². The van der Waals surface area contributed by atoms with Crippen LogP contribution < -0.4 is 0 Å². The van der Waals surface area contributed by atoms with Crippen LogP contribution in [0.4, 0.5) is 0 Å². The molecule has 0 radical (unpaired) electrons. The van der Waals surface area contributed by atoms with Crippen LogP contribution in [-0.2, 0) is 17.6 Å². The molecule has 2 fully saturated rings. The topological polar surface area (TPSA) is 72.9 Å². The first-order chi connectivity index (χ1) is 22.1. The molecule has 3 aliphatic rings. The summed E-state index contributed by atoms with van der Waals surface area (Å²) < 4.78 is 5.46. The third-order valence-corrected chi connectivity index (χ3v) is 11.1. The van der Waals surface area contributed by atoms with Gasteiger partial charge in [0, 0.05) is 46.9 Å². The van der Waals surface area contributed by atoms with Crippen molar-refractivity contribution in [3.8, 4) is 11.3 Å². The van der Waals surface area contributed by atoms with Crippen LogP contribution in [0.5, 0.6) is 0 Å². The molecule has 3 unspecified atom stereocenters. The molecule has 0 amide bonds. The maximum atomic E-state index is 12.7. The minimum atomic E-state index is -0.175. The molecule has 0 bridgehead atoms. The highest BCUT2D eigenvalue weighted by Crippen LogP contribution is 2.38. The number of halogens is 1. The van der Waals surface area contributed by atoms with Gasteiger partial charge in [-0.25, -0.2) is 9.97 Å². The molecular weight excluding hydrogens is 624 g/mol. The molecular formula is C38H47BrN4O2. The van der Waals surface area contributed by atoms with Gasteiger partial charge in [-0.2, -0.15) is 0 Å². The Labute approximate surface area is 276 Å². The number of carbonyl (C=O) groups excluding carboxylic acids is 1. The van der Waals surface area contributed by atoms with Crippen LogP contribution in [0.1, 0.15) is 100 Å². The lowest BCUT2D eigenvalue weighted by atomic mass is 9.81. The van der Waals surface area contributed by atoms with Crippen molar-refractivity contribution in [1.82, 2.24) is 19.1 Å². The summed E-state index contributed by atoms with van der Waals surface area (Å²) in [7, 11) is 0. The summed E-state index contributed by atoms with van der Waals surface area (Å²) in [4.78, 5) is 21.3. The number of benzene rings is 2. The van der Waals surface area contributed by atoms with Gasteiger partial charge in [-0.1, -0.05) is 96.9 Å². The Morgan fingerprint density at radius 2 is 1.64 bits per heavy atom. The Morgan fingerprint density at radius 3 is 2.40 bits per heavy atom. The predicted molar refractivity (Wildman–Crippen MR) is 183 cm³/mol. The molecule has 4 aromatic rings. The van der Waals surface area contributed by atoms with Crippen LogP contribution in [-0.4, -0.2) is 36.1 Å². The van der Waals surface area contributed by atoms with Gasteiger partial charge in [0.25, 0.3) is 0 Å². The lowest BCUT2D eigenvalue weighted by Crippen LogP contribution is -2.28. The molecule has 6 nitrogen and oxygen atoms in total. The number of hydrogen-bond acceptors (Lipinski definition) is 4. The zero-order valence-electron chi connectivity index (χ0n) is 26.3. The fourth-order valence-corrected chi connectivity index (χ4v) is 8.25. The van der Waals surface area contributed by atoms with Crippen LogP contribution in [0, 0.1) is 11.8 Å². The van der Waals surface area contributed by atoms with E-state index in [1.165, 1.54) is 73.8 Å². The molecule has 45 heavy (non-hydrogen) atoms. The second-order valence-corrected chi connectivity index (χ2v) is 14.2. The summed E-state index contributed by atoms with van der Waals surface area (Å²) >= 11 is 3.62. The molecule has 2 aromatic carbocycles. The van der Waals surface area contributed by atoms with Gasteiger partial charge < -0.3 is 14.2 Å². The molecule has 2 saturated carbocycles. The Morgan fingerprint density at radius 1 is 0.911 bits per heavy atom. The number of aliphatic hydroxyl groups is 1. The Kier molecular flexibility index (Phi) is 11.0. The van der Waals surface area contributed by atoms with Crippen molar-refractivity contribution in [3.63, 3.8) is 0 Å². The first-order valence-corrected chi connectivity index (χ1v) is 17.9. The van der Waals surface area contributed by atoms with Crippen LogP contribution >= 0.6 is 15.9 Å². The number of nitrogens with zero attached hydrogens (tertiary/aromatic N) is 4. The number of ketones is 1. The maximum absolute atomic E-state index is 12.7. The van der Waals surface area contributed by atoms with E-state index in [-0.39, 0.29) is 18.1 Å². The normalized spacial score (nSPS) is 19.9. The third-order valence-electron chi connectivity index (χ3n) is 10.4. The second kappa shape index (κ2) is 15.5. The van der Waals surface area contributed by atoms with E-state index in [0.29, 0.717) is 24.2 Å². The SMILES string of the molecule is O=C(CC(Cc1ccccc1Br)n1ccnc1)C1CCCCC1.OC(CC1Cc2ccccc2-c2cncn21)C1CCCCC1. The van der Waals surface area contributed by atoms with Crippen molar-refractivity contribution in [3.05, 3.63) is 95.4 Å². The molecule has 3 atom stereocenters. The van der Waals surface area contributed by atoms with Crippen molar-refractivity contribution in [2.24, 2.45) is 11.8 Å². The monoisotopic (exact) mass is 670 g/mol. The Balaban J connectivity index is 0.000000159. The highest BCUT2D eigenvalue weighted by Gasteiger charge is 2.30. The largest absolute Gasteiger partial charge is 0.393 e. The molecule has 238 valence electrons. The smallest absolute Gasteiger partial charge is 0.138 e. The maximum Gasteiger partial charge on any atom is 0.138 e. The molecule has 7 rings (SSSR count). The number of fused-ring (bicyclic) bond motifs is 3. The zero-order valence-corrected chi connectivity index (χ0v) is 27.9. The Hall–Kier alpha value is -3.03. The van der Waals surface area contributed by atoms with Gasteiger partial charge in [0.2, 0.25) is 0 Å². The second-order valence-electron chi connectivity index (χ2n) is 13.4. The number of imidazole rings is 2. The van der Waals surface area contributed by atoms with Crippen molar-refractivity contribution < 1.29 is 9.90 Å². The van der Waals surface area contributed by atoms with Crippen molar-refractivity contribution in [1.29, 1.82) is 0 Å². The standard InChI is InChI=1S/C19H23BrN2O.C19H24N2O/c20-18-9-5-4-8-16(18)12-17(22-11-10-21-14-22)13-19(23)15-6-2-1-3-7-15;22-19(14-6-2-1-3-7-14)11-16-10-15-8-4-5-9-17(15)18-12-20-13-21(16)18/h4-5,8-11,14-15,17H,1-3,6-7,12-13H2;4-5,8-9,12-14,16,19,22H,1-3,6-7,10-11H2. The summed E-state index contributed by atoms with van der Waals surface area (Å²) in [5.74, 6) is 1.20. The van der Waals surface area contributed by atoms with E-state index >= 15 is 0 Å². The molecule has 3 heterocycles. The number of aliphatic hydroxyl groups excluding tert-OH is 1. The average Bonchev–Trinajstić information content (AvgIpc) is 3.81. The number of rotatable bonds is 9. The number of hydrogen-bond donors (Lipinski definition) is 1. The quantitative estimate of drug-likeness (QED) is 0.193. The van der Waals surface area contributed by atoms with E-state index in [2.05, 4.69) is 71.4 Å². The highest BCUT2D eigenvalue weighted by atomic mass is 79.9.